The van der Waals surface area contributed by atoms with Crippen LogP contribution < -0.4 is 4.74 Å². The Hall–Kier alpha value is -2.30. The fraction of sp³-hybridized carbons (Fsp3) is 0.588. The Bertz CT molecular complexity index is 1110. The first-order valence-electron chi connectivity index (χ1n) is 15.2. The van der Waals surface area contributed by atoms with E-state index in [1.54, 1.807) is 5.56 Å². The van der Waals surface area contributed by atoms with Gasteiger partial charge in [0.2, 0.25) is 0 Å². The first-order chi connectivity index (χ1) is 18.5. The van der Waals surface area contributed by atoms with Crippen LogP contribution in [0.15, 0.2) is 36.4 Å². The molecule has 2 atom stereocenters. The lowest BCUT2D eigenvalue weighted by Crippen LogP contribution is -2.35. The zero-order valence-electron chi connectivity index (χ0n) is 23.9. The molecule has 1 aliphatic carbocycles. The van der Waals surface area contributed by atoms with Crippen molar-refractivity contribution in [3.05, 3.63) is 64.2 Å². The molecule has 0 amide bonds. The van der Waals surface area contributed by atoms with Crippen molar-refractivity contribution in [1.29, 1.82) is 0 Å². The van der Waals surface area contributed by atoms with Crippen LogP contribution in [0.2, 0.25) is 0 Å². The van der Waals surface area contributed by atoms with E-state index in [0.717, 1.165) is 57.1 Å². The molecule has 2 aromatic rings. The average molecular weight is 517 g/mol. The van der Waals surface area contributed by atoms with E-state index < -0.39 is 0 Å². The highest BCUT2D eigenvalue weighted by molar-refractivity contribution is 5.64. The highest BCUT2D eigenvalue weighted by Gasteiger charge is 2.23. The van der Waals surface area contributed by atoms with Crippen LogP contribution in [0.4, 0.5) is 0 Å². The summed E-state index contributed by atoms with van der Waals surface area (Å²) in [6.07, 6.45) is 13.1. The van der Waals surface area contributed by atoms with Crippen molar-refractivity contribution < 1.29 is 9.84 Å². The van der Waals surface area contributed by atoms with E-state index in [0.29, 0.717) is 24.2 Å². The smallest absolute Gasteiger partial charge is 0.164 e. The predicted octanol–water partition coefficient (Wildman–Crippen LogP) is 7.39. The minimum absolute atomic E-state index is 0.320. The minimum atomic E-state index is 0.320. The molecular weight excluding hydrogens is 468 g/mol. The maximum absolute atomic E-state index is 10.6. The topological polar surface area (TPSA) is 35.9 Å². The van der Waals surface area contributed by atoms with Crippen LogP contribution >= 0.6 is 0 Å². The molecule has 5 rings (SSSR count). The summed E-state index contributed by atoms with van der Waals surface area (Å²) in [5.74, 6) is 3.01. The number of fused-ring (bicyclic) bond motifs is 2. The molecular formula is C34H48N2O2. The van der Waals surface area contributed by atoms with Crippen molar-refractivity contribution in [2.75, 3.05) is 32.8 Å². The fourth-order valence-electron chi connectivity index (χ4n) is 6.97. The molecule has 2 aromatic carbocycles. The van der Waals surface area contributed by atoms with Crippen LogP contribution in [-0.2, 0) is 19.5 Å². The Morgan fingerprint density at radius 2 is 2.05 bits per heavy atom. The number of nitrogens with zero attached hydrogens (tertiary/aromatic N) is 2. The molecule has 2 aliphatic heterocycles. The number of ether oxygens (including phenoxy) is 1. The lowest BCUT2D eigenvalue weighted by Gasteiger charge is -2.34. The van der Waals surface area contributed by atoms with E-state index in [1.165, 1.54) is 61.0 Å². The molecule has 3 aliphatic rings. The molecule has 0 aromatic heterocycles. The van der Waals surface area contributed by atoms with Gasteiger partial charge in [-0.2, -0.15) is 0 Å². The monoisotopic (exact) mass is 516 g/mol. The molecule has 0 bridgehead atoms. The Kier molecular flexibility index (Phi) is 9.12. The van der Waals surface area contributed by atoms with E-state index in [4.69, 9.17) is 4.74 Å². The Balaban J connectivity index is 1.15. The Morgan fingerprint density at radius 3 is 2.92 bits per heavy atom. The van der Waals surface area contributed by atoms with Crippen molar-refractivity contribution in [3.63, 3.8) is 0 Å². The summed E-state index contributed by atoms with van der Waals surface area (Å²) in [4.78, 5) is 5.31. The maximum Gasteiger partial charge on any atom is 0.164 e. The van der Waals surface area contributed by atoms with Gasteiger partial charge in [-0.05, 0) is 104 Å². The highest BCUT2D eigenvalue weighted by Crippen LogP contribution is 2.36. The lowest BCUT2D eigenvalue weighted by molar-refractivity contribution is 0.152. The van der Waals surface area contributed by atoms with Crippen LogP contribution in [0.5, 0.6) is 11.5 Å². The van der Waals surface area contributed by atoms with Gasteiger partial charge in [0.05, 0.1) is 6.61 Å². The second-order valence-corrected chi connectivity index (χ2v) is 12.5. The van der Waals surface area contributed by atoms with Crippen LogP contribution in [-0.4, -0.2) is 47.7 Å². The molecule has 1 N–H and O–H groups in total. The SMILES string of the molecule is CC(C)CN(CCCC1CCCN(Cc2cccc3c2C(C)C=C3)C1)Cc1cc(O)c2c(c1)CCCCO2. The van der Waals surface area contributed by atoms with E-state index in [2.05, 4.69) is 67.0 Å². The van der Waals surface area contributed by atoms with Crippen molar-refractivity contribution >= 4 is 6.08 Å². The van der Waals surface area contributed by atoms with Crippen molar-refractivity contribution in [1.82, 2.24) is 9.80 Å². The van der Waals surface area contributed by atoms with E-state index in [9.17, 15) is 5.11 Å². The summed E-state index contributed by atoms with van der Waals surface area (Å²) < 4.78 is 5.84. The Labute approximate surface area is 230 Å². The second kappa shape index (κ2) is 12.7. The van der Waals surface area contributed by atoms with E-state index in [-0.39, 0.29) is 0 Å². The molecule has 1 saturated heterocycles. The number of likely N-dealkylation sites (tertiary alicyclic amines) is 1. The van der Waals surface area contributed by atoms with Gasteiger partial charge in [0.15, 0.2) is 11.5 Å². The van der Waals surface area contributed by atoms with Gasteiger partial charge < -0.3 is 9.84 Å². The third-order valence-corrected chi connectivity index (χ3v) is 8.66. The van der Waals surface area contributed by atoms with Crippen molar-refractivity contribution in [3.8, 4) is 11.5 Å². The molecule has 0 spiro atoms. The third kappa shape index (κ3) is 6.82. The molecule has 2 unspecified atom stereocenters. The second-order valence-electron chi connectivity index (χ2n) is 12.5. The number of phenols is 1. The number of benzene rings is 2. The minimum Gasteiger partial charge on any atom is -0.504 e. The predicted molar refractivity (Wildman–Crippen MR) is 158 cm³/mol. The first-order valence-corrected chi connectivity index (χ1v) is 15.2. The maximum atomic E-state index is 10.6. The Morgan fingerprint density at radius 1 is 1.16 bits per heavy atom. The summed E-state index contributed by atoms with van der Waals surface area (Å²) >= 11 is 0. The van der Waals surface area contributed by atoms with Crippen LogP contribution in [0.1, 0.15) is 93.0 Å². The highest BCUT2D eigenvalue weighted by atomic mass is 16.5. The number of phenolic OH excluding ortho intramolecular Hbond substituents is 1. The van der Waals surface area contributed by atoms with Gasteiger partial charge >= 0.3 is 0 Å². The van der Waals surface area contributed by atoms with Gasteiger partial charge in [-0.15, -0.1) is 0 Å². The fourth-order valence-corrected chi connectivity index (χ4v) is 6.97. The molecule has 0 radical (unpaired) electrons. The summed E-state index contributed by atoms with van der Waals surface area (Å²) in [5, 5.41) is 10.6. The number of piperidine rings is 1. The number of hydrogen-bond donors (Lipinski definition) is 1. The number of hydrogen-bond acceptors (Lipinski definition) is 4. The number of aryl methyl sites for hydroxylation is 1. The summed E-state index contributed by atoms with van der Waals surface area (Å²) in [6.45, 7) is 14.3. The van der Waals surface area contributed by atoms with E-state index in [1.807, 2.05) is 6.07 Å². The van der Waals surface area contributed by atoms with Crippen LogP contribution in [0.3, 0.4) is 0 Å². The lowest BCUT2D eigenvalue weighted by atomic mass is 9.91. The summed E-state index contributed by atoms with van der Waals surface area (Å²) in [7, 11) is 0. The van der Waals surface area contributed by atoms with Crippen LogP contribution in [0, 0.1) is 11.8 Å². The molecule has 38 heavy (non-hydrogen) atoms. The summed E-state index contributed by atoms with van der Waals surface area (Å²) in [6, 6.07) is 11.1. The van der Waals surface area contributed by atoms with Gasteiger partial charge in [-0.3, -0.25) is 9.80 Å². The largest absolute Gasteiger partial charge is 0.504 e. The standard InChI is InChI=1S/C34H48N2O2/c1-25(2)21-35(23-28-19-30-11-4-5-18-38-34(30)32(37)20-28)16-7-9-27-10-8-17-36(22-27)24-31-13-6-12-29-15-14-26(3)33(29)31/h6,12-15,19-20,25-27,37H,4-5,7-11,16-18,21-24H2,1-3H3. The van der Waals surface area contributed by atoms with Gasteiger partial charge in [-0.25, -0.2) is 0 Å². The number of allylic oxidation sites excluding steroid dienone is 1. The molecule has 4 heteroatoms. The molecule has 206 valence electrons. The quantitative estimate of drug-likeness (QED) is 0.357. The number of aromatic hydroxyl groups is 1. The zero-order valence-corrected chi connectivity index (χ0v) is 23.9. The van der Waals surface area contributed by atoms with Crippen molar-refractivity contribution in [2.24, 2.45) is 11.8 Å². The molecule has 0 saturated carbocycles. The van der Waals surface area contributed by atoms with Gasteiger partial charge in [0.1, 0.15) is 0 Å². The van der Waals surface area contributed by atoms with Gasteiger partial charge in [0.25, 0.3) is 0 Å². The normalized spacial score (nSPS) is 21.4. The third-order valence-electron chi connectivity index (χ3n) is 8.66. The molecule has 1 fully saturated rings. The van der Waals surface area contributed by atoms with Gasteiger partial charge in [-0.1, -0.05) is 57.2 Å². The summed E-state index contributed by atoms with van der Waals surface area (Å²) in [5.41, 5.74) is 6.89. The van der Waals surface area contributed by atoms with E-state index >= 15 is 0 Å². The number of rotatable bonds is 10. The first kappa shape index (κ1) is 27.3. The average Bonchev–Trinajstić information content (AvgIpc) is 3.10. The molecule has 4 nitrogen and oxygen atoms in total. The molecule has 2 heterocycles. The van der Waals surface area contributed by atoms with Crippen molar-refractivity contribution in [2.45, 2.75) is 84.7 Å². The van der Waals surface area contributed by atoms with Crippen LogP contribution in [0.25, 0.3) is 6.08 Å². The van der Waals surface area contributed by atoms with Gasteiger partial charge in [0, 0.05) is 32.1 Å². The zero-order chi connectivity index (χ0) is 26.5.